The van der Waals surface area contributed by atoms with Crippen LogP contribution in [0.2, 0.25) is 0 Å². The Hall–Kier alpha value is -1.94. The molecule has 0 aliphatic heterocycles. The molecule has 0 radical (unpaired) electrons. The maximum Gasteiger partial charge on any atom is 0.416 e. The molecule has 0 heterocycles. The summed E-state index contributed by atoms with van der Waals surface area (Å²) in [6.45, 7) is 1.57. The van der Waals surface area contributed by atoms with Crippen LogP contribution in [-0.4, -0.2) is 0 Å². The van der Waals surface area contributed by atoms with E-state index in [-0.39, 0.29) is 12.0 Å². The van der Waals surface area contributed by atoms with Gasteiger partial charge < -0.3 is 0 Å². The second kappa shape index (κ2) is 4.72. The molecule has 0 fully saturated rings. The van der Waals surface area contributed by atoms with Crippen LogP contribution in [0.3, 0.4) is 0 Å². The van der Waals surface area contributed by atoms with E-state index in [1.54, 1.807) is 19.1 Å². The maximum atomic E-state index is 12.4. The largest absolute Gasteiger partial charge is 0.416 e. The van der Waals surface area contributed by atoms with Crippen molar-refractivity contribution in [1.82, 2.24) is 0 Å². The lowest BCUT2D eigenvalue weighted by molar-refractivity contribution is -0.137. The van der Waals surface area contributed by atoms with E-state index >= 15 is 0 Å². The van der Waals surface area contributed by atoms with Gasteiger partial charge in [-0.3, -0.25) is 0 Å². The second-order valence-electron chi connectivity index (χ2n) is 3.22. The van der Waals surface area contributed by atoms with E-state index in [0.717, 1.165) is 12.1 Å². The van der Waals surface area contributed by atoms with E-state index in [1.807, 2.05) is 0 Å². The van der Waals surface area contributed by atoms with Gasteiger partial charge in [-0.2, -0.15) is 18.4 Å². The highest BCUT2D eigenvalue weighted by Crippen LogP contribution is 2.30. The highest BCUT2D eigenvalue weighted by molar-refractivity contribution is 5.41. The standard InChI is InChI=1S/C12H8F3N/c1-9-6-10(4-2-3-5-16)8-11(7-9)12(13,14)15/h6-8H,3H2,1H3. The zero-order valence-corrected chi connectivity index (χ0v) is 8.52. The van der Waals surface area contributed by atoms with Crippen LogP contribution >= 0.6 is 0 Å². The Bertz CT molecular complexity index is 484. The lowest BCUT2D eigenvalue weighted by atomic mass is 10.1. The van der Waals surface area contributed by atoms with Crippen LogP contribution in [0.25, 0.3) is 0 Å². The van der Waals surface area contributed by atoms with E-state index in [0.29, 0.717) is 5.56 Å². The van der Waals surface area contributed by atoms with E-state index in [2.05, 4.69) is 11.8 Å². The van der Waals surface area contributed by atoms with Gasteiger partial charge >= 0.3 is 6.18 Å². The fourth-order valence-electron chi connectivity index (χ4n) is 1.20. The predicted octanol–water partition coefficient (Wildman–Crippen LogP) is 3.28. The van der Waals surface area contributed by atoms with Gasteiger partial charge in [0.25, 0.3) is 0 Å². The Morgan fingerprint density at radius 3 is 2.50 bits per heavy atom. The molecule has 1 rings (SSSR count). The average molecular weight is 223 g/mol. The quantitative estimate of drug-likeness (QED) is 0.619. The number of halogens is 3. The molecule has 0 atom stereocenters. The maximum absolute atomic E-state index is 12.4. The molecule has 0 bridgehead atoms. The third-order valence-corrected chi connectivity index (χ3v) is 1.80. The number of hydrogen-bond donors (Lipinski definition) is 0. The number of nitrogens with zero attached hydrogens (tertiary/aromatic N) is 1. The van der Waals surface area contributed by atoms with Gasteiger partial charge in [-0.15, -0.1) is 0 Å². The Balaban J connectivity index is 3.11. The minimum absolute atomic E-state index is 0.00922. The zero-order chi connectivity index (χ0) is 12.2. The van der Waals surface area contributed by atoms with Crippen molar-refractivity contribution in [3.63, 3.8) is 0 Å². The molecule has 0 N–H and O–H groups in total. The molecule has 0 amide bonds. The molecule has 82 valence electrons. The van der Waals surface area contributed by atoms with Crippen molar-refractivity contribution in [1.29, 1.82) is 5.26 Å². The summed E-state index contributed by atoms with van der Waals surface area (Å²) in [6, 6.07) is 5.41. The van der Waals surface area contributed by atoms with Gasteiger partial charge in [0.05, 0.1) is 18.1 Å². The molecule has 1 aromatic rings. The highest BCUT2D eigenvalue weighted by atomic mass is 19.4. The van der Waals surface area contributed by atoms with Gasteiger partial charge in [0.2, 0.25) is 0 Å². The smallest absolute Gasteiger partial charge is 0.197 e. The van der Waals surface area contributed by atoms with Crippen molar-refractivity contribution in [2.24, 2.45) is 0 Å². The SMILES string of the molecule is Cc1cc(C#CCC#N)cc(C(F)(F)F)c1. The number of rotatable bonds is 0. The monoisotopic (exact) mass is 223 g/mol. The number of nitriles is 1. The number of hydrogen-bond acceptors (Lipinski definition) is 1. The van der Waals surface area contributed by atoms with E-state index in [4.69, 9.17) is 5.26 Å². The van der Waals surface area contributed by atoms with Gasteiger partial charge in [0, 0.05) is 5.56 Å². The Kier molecular flexibility index (Phi) is 3.58. The Morgan fingerprint density at radius 1 is 1.25 bits per heavy atom. The Morgan fingerprint density at radius 2 is 1.94 bits per heavy atom. The fourth-order valence-corrected chi connectivity index (χ4v) is 1.20. The van der Waals surface area contributed by atoms with Crippen LogP contribution in [0.1, 0.15) is 23.1 Å². The van der Waals surface area contributed by atoms with Crippen molar-refractivity contribution in [2.45, 2.75) is 19.5 Å². The summed E-state index contributed by atoms with van der Waals surface area (Å²) < 4.78 is 37.3. The van der Waals surface area contributed by atoms with Crippen LogP contribution < -0.4 is 0 Å². The Labute approximate surface area is 91.5 Å². The lowest BCUT2D eigenvalue weighted by Crippen LogP contribution is -2.05. The molecule has 0 aromatic heterocycles. The molecule has 0 saturated heterocycles. The van der Waals surface area contributed by atoms with E-state index in [1.165, 1.54) is 0 Å². The molecule has 0 aliphatic carbocycles. The summed E-state index contributed by atoms with van der Waals surface area (Å²) in [4.78, 5) is 0. The summed E-state index contributed by atoms with van der Waals surface area (Å²) in [6.07, 6.45) is -4.35. The summed E-state index contributed by atoms with van der Waals surface area (Å²) in [7, 11) is 0. The van der Waals surface area contributed by atoms with Gasteiger partial charge in [-0.05, 0) is 30.7 Å². The number of alkyl halides is 3. The first-order valence-corrected chi connectivity index (χ1v) is 4.48. The number of aryl methyl sites for hydroxylation is 1. The third-order valence-electron chi connectivity index (χ3n) is 1.80. The van der Waals surface area contributed by atoms with E-state index in [9.17, 15) is 13.2 Å². The fraction of sp³-hybridized carbons (Fsp3) is 0.250. The van der Waals surface area contributed by atoms with Crippen molar-refractivity contribution in [3.8, 4) is 17.9 Å². The predicted molar refractivity (Wildman–Crippen MR) is 53.3 cm³/mol. The third kappa shape index (κ3) is 3.33. The minimum atomic E-state index is -4.36. The van der Waals surface area contributed by atoms with E-state index < -0.39 is 11.7 Å². The van der Waals surface area contributed by atoms with Gasteiger partial charge in [0.15, 0.2) is 0 Å². The van der Waals surface area contributed by atoms with Gasteiger partial charge in [0.1, 0.15) is 0 Å². The molecule has 1 aromatic carbocycles. The molecule has 16 heavy (non-hydrogen) atoms. The molecule has 4 heteroatoms. The molecular formula is C12H8F3N. The first-order chi connectivity index (χ1) is 7.43. The first kappa shape index (κ1) is 12.1. The zero-order valence-electron chi connectivity index (χ0n) is 8.52. The van der Waals surface area contributed by atoms with Gasteiger partial charge in [-0.1, -0.05) is 11.8 Å². The molecular weight excluding hydrogens is 215 g/mol. The van der Waals surface area contributed by atoms with Gasteiger partial charge in [-0.25, -0.2) is 0 Å². The van der Waals surface area contributed by atoms with Crippen LogP contribution in [0.15, 0.2) is 18.2 Å². The molecule has 0 unspecified atom stereocenters. The highest BCUT2D eigenvalue weighted by Gasteiger charge is 2.30. The van der Waals surface area contributed by atoms with Crippen LogP contribution in [0.4, 0.5) is 13.2 Å². The van der Waals surface area contributed by atoms with Crippen molar-refractivity contribution >= 4 is 0 Å². The summed E-state index contributed by atoms with van der Waals surface area (Å²) in [5, 5.41) is 8.25. The summed E-state index contributed by atoms with van der Waals surface area (Å²) in [5.41, 5.74) is 0.0624. The molecule has 0 saturated carbocycles. The summed E-state index contributed by atoms with van der Waals surface area (Å²) in [5.74, 6) is 5.01. The lowest BCUT2D eigenvalue weighted by Gasteiger charge is -2.07. The van der Waals surface area contributed by atoms with Crippen LogP contribution in [-0.2, 0) is 6.18 Å². The van der Waals surface area contributed by atoms with Crippen molar-refractivity contribution in [2.75, 3.05) is 0 Å². The summed E-state index contributed by atoms with van der Waals surface area (Å²) >= 11 is 0. The minimum Gasteiger partial charge on any atom is -0.197 e. The first-order valence-electron chi connectivity index (χ1n) is 4.48. The van der Waals surface area contributed by atoms with Crippen LogP contribution in [0, 0.1) is 30.1 Å². The van der Waals surface area contributed by atoms with Crippen LogP contribution in [0.5, 0.6) is 0 Å². The van der Waals surface area contributed by atoms with Crippen molar-refractivity contribution in [3.05, 3.63) is 34.9 Å². The number of benzene rings is 1. The average Bonchev–Trinajstić information content (AvgIpc) is 2.16. The van der Waals surface area contributed by atoms with Crippen molar-refractivity contribution < 1.29 is 13.2 Å². The molecule has 0 spiro atoms. The second-order valence-corrected chi connectivity index (χ2v) is 3.22. The molecule has 1 nitrogen and oxygen atoms in total. The molecule has 0 aliphatic rings. The topological polar surface area (TPSA) is 23.8 Å². The normalized spacial score (nSPS) is 10.2.